The fourth-order valence-corrected chi connectivity index (χ4v) is 1.35. The van der Waals surface area contributed by atoms with Crippen LogP contribution in [0.3, 0.4) is 0 Å². The van der Waals surface area contributed by atoms with Crippen LogP contribution in [-0.2, 0) is 4.74 Å². The summed E-state index contributed by atoms with van der Waals surface area (Å²) in [5, 5.41) is 11.8. The third-order valence-corrected chi connectivity index (χ3v) is 2.14. The van der Waals surface area contributed by atoms with Crippen molar-refractivity contribution in [3.05, 3.63) is 29.8 Å². The molecule has 0 heterocycles. The largest absolute Gasteiger partial charge is 0.488 e. The fourth-order valence-electron chi connectivity index (χ4n) is 1.35. The van der Waals surface area contributed by atoms with Crippen LogP contribution in [0.5, 0.6) is 5.75 Å². The summed E-state index contributed by atoms with van der Waals surface area (Å²) in [6, 6.07) is 7.42. The van der Waals surface area contributed by atoms with Gasteiger partial charge in [-0.2, -0.15) is 0 Å². The molecule has 1 unspecified atom stereocenters. The molecule has 0 saturated heterocycles. The summed E-state index contributed by atoms with van der Waals surface area (Å²) in [4.78, 5) is 0. The molecule has 0 aliphatic rings. The summed E-state index contributed by atoms with van der Waals surface area (Å²) in [6.07, 6.45) is -0.00776. The summed E-state index contributed by atoms with van der Waals surface area (Å²) in [7, 11) is 1.64. The van der Waals surface area contributed by atoms with Crippen LogP contribution in [0.25, 0.3) is 0 Å². The van der Waals surface area contributed by atoms with Crippen molar-refractivity contribution in [3.63, 3.8) is 0 Å². The Balaban J connectivity index is 2.75. The lowest BCUT2D eigenvalue weighted by Crippen LogP contribution is -2.18. The Morgan fingerprint density at radius 1 is 1.50 bits per heavy atom. The molecule has 4 nitrogen and oxygen atoms in total. The summed E-state index contributed by atoms with van der Waals surface area (Å²) < 4.78 is 10.6. The van der Waals surface area contributed by atoms with Gasteiger partial charge in [-0.25, -0.2) is 0 Å². The van der Waals surface area contributed by atoms with Crippen molar-refractivity contribution >= 4 is 5.71 Å². The molecule has 0 amide bonds. The number of oxime groups is 1. The van der Waals surface area contributed by atoms with Crippen LogP contribution in [0.15, 0.2) is 29.4 Å². The minimum atomic E-state index is -0.00776. The zero-order chi connectivity index (χ0) is 12.0. The van der Waals surface area contributed by atoms with Crippen LogP contribution in [0, 0.1) is 0 Å². The number of ether oxygens (including phenoxy) is 2. The molecule has 1 aromatic rings. The van der Waals surface area contributed by atoms with Gasteiger partial charge in [0.15, 0.2) is 0 Å². The first kappa shape index (κ1) is 12.5. The maximum atomic E-state index is 8.67. The van der Waals surface area contributed by atoms with E-state index in [9.17, 15) is 0 Å². The molecular formula is C12H17NO3. The molecule has 0 bridgehead atoms. The van der Waals surface area contributed by atoms with Gasteiger partial charge >= 0.3 is 0 Å². The molecule has 0 radical (unpaired) electrons. The van der Waals surface area contributed by atoms with E-state index in [1.54, 1.807) is 14.0 Å². The van der Waals surface area contributed by atoms with Gasteiger partial charge in [-0.05, 0) is 26.0 Å². The molecule has 4 heteroatoms. The quantitative estimate of drug-likeness (QED) is 0.473. The highest BCUT2D eigenvalue weighted by Gasteiger charge is 2.05. The van der Waals surface area contributed by atoms with Crippen molar-refractivity contribution in [1.29, 1.82) is 0 Å². The van der Waals surface area contributed by atoms with Gasteiger partial charge in [-0.15, -0.1) is 0 Å². The number of methoxy groups -OCH3 is 1. The summed E-state index contributed by atoms with van der Waals surface area (Å²) >= 11 is 0. The Morgan fingerprint density at radius 2 is 2.25 bits per heavy atom. The van der Waals surface area contributed by atoms with Gasteiger partial charge in [0.2, 0.25) is 0 Å². The smallest absolute Gasteiger partial charge is 0.120 e. The van der Waals surface area contributed by atoms with Crippen LogP contribution in [0.1, 0.15) is 19.4 Å². The van der Waals surface area contributed by atoms with Gasteiger partial charge in [0.05, 0.1) is 12.3 Å². The lowest BCUT2D eigenvalue weighted by atomic mass is 10.1. The van der Waals surface area contributed by atoms with Crippen LogP contribution in [0.2, 0.25) is 0 Å². The van der Waals surface area contributed by atoms with E-state index in [0.29, 0.717) is 12.3 Å². The average molecular weight is 223 g/mol. The third-order valence-electron chi connectivity index (χ3n) is 2.14. The molecule has 1 atom stereocenters. The highest BCUT2D eigenvalue weighted by molar-refractivity contribution is 5.98. The van der Waals surface area contributed by atoms with E-state index in [2.05, 4.69) is 5.16 Å². The van der Waals surface area contributed by atoms with E-state index in [-0.39, 0.29) is 6.10 Å². The van der Waals surface area contributed by atoms with Gasteiger partial charge < -0.3 is 14.7 Å². The van der Waals surface area contributed by atoms with Crippen LogP contribution >= 0.6 is 0 Å². The molecule has 16 heavy (non-hydrogen) atoms. The molecular weight excluding hydrogens is 206 g/mol. The molecule has 1 rings (SSSR count). The highest BCUT2D eigenvalue weighted by atomic mass is 16.5. The molecule has 0 saturated carbocycles. The van der Waals surface area contributed by atoms with E-state index in [1.807, 2.05) is 31.2 Å². The number of rotatable bonds is 5. The topological polar surface area (TPSA) is 51.0 Å². The Bertz CT molecular complexity index is 363. The Hall–Kier alpha value is -1.55. The molecule has 0 fully saturated rings. The van der Waals surface area contributed by atoms with Crippen LogP contribution < -0.4 is 4.74 Å². The predicted octanol–water partition coefficient (Wildman–Crippen LogP) is 2.30. The van der Waals surface area contributed by atoms with E-state index >= 15 is 0 Å². The highest BCUT2D eigenvalue weighted by Crippen LogP contribution is 2.15. The maximum Gasteiger partial charge on any atom is 0.120 e. The van der Waals surface area contributed by atoms with Crippen molar-refractivity contribution < 1.29 is 14.7 Å². The van der Waals surface area contributed by atoms with Gasteiger partial charge in [-0.3, -0.25) is 0 Å². The molecule has 1 aromatic carbocycles. The summed E-state index contributed by atoms with van der Waals surface area (Å²) in [5.41, 5.74) is 1.40. The number of nitrogens with zero attached hydrogens (tertiary/aromatic N) is 1. The second-order valence-electron chi connectivity index (χ2n) is 3.60. The van der Waals surface area contributed by atoms with E-state index in [0.717, 1.165) is 11.3 Å². The Morgan fingerprint density at radius 3 is 2.88 bits per heavy atom. The van der Waals surface area contributed by atoms with Gasteiger partial charge in [0.25, 0.3) is 0 Å². The standard InChI is InChI=1S/C12H17NO3/c1-9(8-15-3)16-12-6-4-5-11(7-12)10(2)13-14/h4-7,9,14H,8H2,1-3H3. The lowest BCUT2D eigenvalue weighted by molar-refractivity contribution is 0.0921. The minimum absolute atomic E-state index is 0.00776. The first-order valence-electron chi connectivity index (χ1n) is 5.12. The average Bonchev–Trinajstić information content (AvgIpc) is 2.28. The minimum Gasteiger partial charge on any atom is -0.488 e. The monoisotopic (exact) mass is 223 g/mol. The molecule has 0 spiro atoms. The van der Waals surface area contributed by atoms with Crippen molar-refractivity contribution in [2.75, 3.05) is 13.7 Å². The van der Waals surface area contributed by atoms with Gasteiger partial charge in [0.1, 0.15) is 11.9 Å². The lowest BCUT2D eigenvalue weighted by Gasteiger charge is -2.14. The van der Waals surface area contributed by atoms with Gasteiger partial charge in [-0.1, -0.05) is 17.3 Å². The van der Waals surface area contributed by atoms with E-state index < -0.39 is 0 Å². The predicted molar refractivity (Wildman–Crippen MR) is 62.4 cm³/mol. The summed E-state index contributed by atoms with van der Waals surface area (Å²) in [6.45, 7) is 4.21. The molecule has 0 aromatic heterocycles. The van der Waals surface area contributed by atoms with Crippen molar-refractivity contribution in [1.82, 2.24) is 0 Å². The Kier molecular flexibility index (Phi) is 4.79. The fraction of sp³-hybridized carbons (Fsp3) is 0.417. The van der Waals surface area contributed by atoms with E-state index in [1.165, 1.54) is 0 Å². The zero-order valence-corrected chi connectivity index (χ0v) is 9.80. The SMILES string of the molecule is COCC(C)Oc1cccc(C(C)=NO)c1. The first-order valence-corrected chi connectivity index (χ1v) is 5.12. The maximum absolute atomic E-state index is 8.67. The van der Waals surface area contributed by atoms with Crippen LogP contribution in [-0.4, -0.2) is 30.7 Å². The van der Waals surface area contributed by atoms with Crippen molar-refractivity contribution in [3.8, 4) is 5.75 Å². The van der Waals surface area contributed by atoms with E-state index in [4.69, 9.17) is 14.7 Å². The van der Waals surface area contributed by atoms with Crippen molar-refractivity contribution in [2.45, 2.75) is 20.0 Å². The van der Waals surface area contributed by atoms with Gasteiger partial charge in [0, 0.05) is 12.7 Å². The molecule has 88 valence electrons. The van der Waals surface area contributed by atoms with Crippen molar-refractivity contribution in [2.24, 2.45) is 5.16 Å². The number of hydrogen-bond donors (Lipinski definition) is 1. The number of benzene rings is 1. The first-order chi connectivity index (χ1) is 7.67. The second kappa shape index (κ2) is 6.12. The zero-order valence-electron chi connectivity index (χ0n) is 9.80. The second-order valence-corrected chi connectivity index (χ2v) is 3.60. The van der Waals surface area contributed by atoms with Crippen LogP contribution in [0.4, 0.5) is 0 Å². The molecule has 0 aliphatic heterocycles. The molecule has 1 N–H and O–H groups in total. The number of hydrogen-bond acceptors (Lipinski definition) is 4. The molecule has 0 aliphatic carbocycles. The Labute approximate surface area is 95.5 Å². The normalized spacial score (nSPS) is 13.6. The summed E-state index contributed by atoms with van der Waals surface area (Å²) in [5.74, 6) is 0.741. The third kappa shape index (κ3) is 3.55.